The number of benzene rings is 2. The molecule has 0 spiro atoms. The first kappa shape index (κ1) is 15.6. The summed E-state index contributed by atoms with van der Waals surface area (Å²) in [6.45, 7) is 6.13. The third-order valence-corrected chi connectivity index (χ3v) is 3.56. The number of ether oxygens (including phenoxy) is 1. The summed E-state index contributed by atoms with van der Waals surface area (Å²) >= 11 is 0. The number of hydrogen-bond donors (Lipinski definition) is 1. The summed E-state index contributed by atoms with van der Waals surface area (Å²) < 4.78 is 5.88. The molecular weight excluding hydrogens is 258 g/mol. The van der Waals surface area contributed by atoms with E-state index in [-0.39, 0.29) is 0 Å². The standard InChI is InChI=1S/C19H25NO/c1-3-13-20-16(2)18-10-7-11-19(15-18)21-14-12-17-8-5-4-6-9-17/h4-11,15-16,20H,3,12-14H2,1-2H3. The molecule has 1 N–H and O–H groups in total. The first-order valence-corrected chi connectivity index (χ1v) is 7.79. The summed E-state index contributed by atoms with van der Waals surface area (Å²) in [5.41, 5.74) is 2.59. The van der Waals surface area contributed by atoms with Gasteiger partial charge in [-0.05, 0) is 43.1 Å². The zero-order valence-electron chi connectivity index (χ0n) is 13.0. The summed E-state index contributed by atoms with van der Waals surface area (Å²) in [5, 5.41) is 3.50. The molecular formula is C19H25NO. The molecule has 0 saturated heterocycles. The highest BCUT2D eigenvalue weighted by Crippen LogP contribution is 2.19. The fourth-order valence-corrected chi connectivity index (χ4v) is 2.28. The Morgan fingerprint density at radius 3 is 2.62 bits per heavy atom. The molecule has 0 aliphatic carbocycles. The average Bonchev–Trinajstić information content (AvgIpc) is 2.54. The van der Waals surface area contributed by atoms with E-state index in [2.05, 4.69) is 61.6 Å². The van der Waals surface area contributed by atoms with Gasteiger partial charge in [-0.25, -0.2) is 0 Å². The van der Waals surface area contributed by atoms with E-state index in [1.165, 1.54) is 11.1 Å². The van der Waals surface area contributed by atoms with E-state index >= 15 is 0 Å². The molecule has 0 amide bonds. The maximum absolute atomic E-state index is 5.88. The zero-order valence-corrected chi connectivity index (χ0v) is 13.0. The van der Waals surface area contributed by atoms with Crippen LogP contribution >= 0.6 is 0 Å². The summed E-state index contributed by atoms with van der Waals surface area (Å²) in [6, 6.07) is 19.2. The monoisotopic (exact) mass is 283 g/mol. The molecule has 2 heteroatoms. The van der Waals surface area contributed by atoms with Gasteiger partial charge in [0, 0.05) is 12.5 Å². The minimum atomic E-state index is 0.364. The van der Waals surface area contributed by atoms with Gasteiger partial charge in [-0.1, -0.05) is 49.4 Å². The Morgan fingerprint density at radius 2 is 1.86 bits per heavy atom. The number of rotatable bonds is 8. The van der Waals surface area contributed by atoms with Gasteiger partial charge in [0.05, 0.1) is 6.61 Å². The van der Waals surface area contributed by atoms with E-state index in [9.17, 15) is 0 Å². The summed E-state index contributed by atoms with van der Waals surface area (Å²) in [6.07, 6.45) is 2.09. The van der Waals surface area contributed by atoms with Gasteiger partial charge in [0.15, 0.2) is 0 Å². The second kappa shape index (κ2) is 8.48. The van der Waals surface area contributed by atoms with Crippen LogP contribution in [0, 0.1) is 0 Å². The molecule has 0 saturated carbocycles. The van der Waals surface area contributed by atoms with Crippen LogP contribution in [0.3, 0.4) is 0 Å². The molecule has 0 fully saturated rings. The van der Waals surface area contributed by atoms with Crippen molar-refractivity contribution in [3.8, 4) is 5.75 Å². The van der Waals surface area contributed by atoms with Gasteiger partial charge in [0.2, 0.25) is 0 Å². The molecule has 0 aromatic heterocycles. The summed E-state index contributed by atoms with van der Waals surface area (Å²) in [5.74, 6) is 0.952. The van der Waals surface area contributed by atoms with Gasteiger partial charge in [-0.3, -0.25) is 0 Å². The maximum atomic E-state index is 5.88. The molecule has 112 valence electrons. The summed E-state index contributed by atoms with van der Waals surface area (Å²) in [7, 11) is 0. The van der Waals surface area contributed by atoms with Gasteiger partial charge in [0.25, 0.3) is 0 Å². The van der Waals surface area contributed by atoms with Crippen LogP contribution in [0.2, 0.25) is 0 Å². The third-order valence-electron chi connectivity index (χ3n) is 3.56. The second-order valence-electron chi connectivity index (χ2n) is 5.33. The first-order valence-electron chi connectivity index (χ1n) is 7.79. The highest BCUT2D eigenvalue weighted by atomic mass is 16.5. The van der Waals surface area contributed by atoms with Crippen LogP contribution in [0.25, 0.3) is 0 Å². The van der Waals surface area contributed by atoms with Gasteiger partial charge in [-0.15, -0.1) is 0 Å². The molecule has 2 rings (SSSR count). The Morgan fingerprint density at radius 1 is 1.05 bits per heavy atom. The number of hydrogen-bond acceptors (Lipinski definition) is 2. The van der Waals surface area contributed by atoms with Gasteiger partial charge in [-0.2, -0.15) is 0 Å². The van der Waals surface area contributed by atoms with Crippen LogP contribution in [0.1, 0.15) is 37.4 Å². The molecule has 0 aliphatic heterocycles. The van der Waals surface area contributed by atoms with Crippen molar-refractivity contribution >= 4 is 0 Å². The molecule has 1 atom stereocenters. The van der Waals surface area contributed by atoms with E-state index in [0.717, 1.165) is 25.1 Å². The Hall–Kier alpha value is -1.80. The Kier molecular flexibility index (Phi) is 6.29. The van der Waals surface area contributed by atoms with Gasteiger partial charge < -0.3 is 10.1 Å². The maximum Gasteiger partial charge on any atom is 0.119 e. The molecule has 0 bridgehead atoms. The average molecular weight is 283 g/mol. The Labute approximate surface area is 128 Å². The van der Waals surface area contributed by atoms with E-state index in [1.807, 2.05) is 12.1 Å². The van der Waals surface area contributed by atoms with Gasteiger partial charge in [0.1, 0.15) is 5.75 Å². The lowest BCUT2D eigenvalue weighted by atomic mass is 10.1. The Bertz CT molecular complexity index is 524. The van der Waals surface area contributed by atoms with Crippen molar-refractivity contribution in [1.29, 1.82) is 0 Å². The van der Waals surface area contributed by atoms with Crippen molar-refractivity contribution in [1.82, 2.24) is 5.32 Å². The SMILES string of the molecule is CCCNC(C)c1cccc(OCCc2ccccc2)c1. The molecule has 2 aromatic carbocycles. The molecule has 1 unspecified atom stereocenters. The van der Waals surface area contributed by atoms with E-state index in [1.54, 1.807) is 0 Å². The van der Waals surface area contributed by atoms with Crippen LogP contribution in [0.5, 0.6) is 5.75 Å². The van der Waals surface area contributed by atoms with E-state index in [4.69, 9.17) is 4.74 Å². The van der Waals surface area contributed by atoms with Crippen molar-refractivity contribution in [3.05, 3.63) is 65.7 Å². The smallest absolute Gasteiger partial charge is 0.119 e. The highest BCUT2D eigenvalue weighted by molar-refractivity contribution is 5.30. The molecule has 0 aliphatic rings. The minimum absolute atomic E-state index is 0.364. The van der Waals surface area contributed by atoms with Crippen LogP contribution < -0.4 is 10.1 Å². The van der Waals surface area contributed by atoms with E-state index in [0.29, 0.717) is 12.6 Å². The minimum Gasteiger partial charge on any atom is -0.493 e. The third kappa shape index (κ3) is 5.24. The normalized spacial score (nSPS) is 12.1. The highest BCUT2D eigenvalue weighted by Gasteiger charge is 2.05. The lowest BCUT2D eigenvalue weighted by Gasteiger charge is -2.15. The first-order chi connectivity index (χ1) is 10.3. The molecule has 21 heavy (non-hydrogen) atoms. The van der Waals surface area contributed by atoms with E-state index < -0.39 is 0 Å². The fourth-order valence-electron chi connectivity index (χ4n) is 2.28. The molecule has 2 aromatic rings. The summed E-state index contributed by atoms with van der Waals surface area (Å²) in [4.78, 5) is 0. The lowest BCUT2D eigenvalue weighted by molar-refractivity contribution is 0.321. The molecule has 0 radical (unpaired) electrons. The van der Waals surface area contributed by atoms with Crippen molar-refractivity contribution in [2.45, 2.75) is 32.7 Å². The van der Waals surface area contributed by atoms with Crippen LogP contribution in [0.4, 0.5) is 0 Å². The number of nitrogens with one attached hydrogen (secondary N) is 1. The largest absolute Gasteiger partial charge is 0.493 e. The quantitative estimate of drug-likeness (QED) is 0.777. The van der Waals surface area contributed by atoms with Gasteiger partial charge >= 0.3 is 0 Å². The molecule has 0 heterocycles. The predicted molar refractivity (Wildman–Crippen MR) is 88.8 cm³/mol. The van der Waals surface area contributed by atoms with Crippen LogP contribution in [-0.4, -0.2) is 13.2 Å². The Balaban J connectivity index is 1.86. The van der Waals surface area contributed by atoms with Crippen molar-refractivity contribution < 1.29 is 4.74 Å². The predicted octanol–water partition coefficient (Wildman–Crippen LogP) is 4.37. The van der Waals surface area contributed by atoms with Crippen molar-refractivity contribution in [3.63, 3.8) is 0 Å². The van der Waals surface area contributed by atoms with Crippen LogP contribution in [0.15, 0.2) is 54.6 Å². The topological polar surface area (TPSA) is 21.3 Å². The second-order valence-corrected chi connectivity index (χ2v) is 5.33. The molecule has 2 nitrogen and oxygen atoms in total. The lowest BCUT2D eigenvalue weighted by Crippen LogP contribution is -2.19. The fraction of sp³-hybridized carbons (Fsp3) is 0.368. The zero-order chi connectivity index (χ0) is 14.9. The van der Waals surface area contributed by atoms with Crippen LogP contribution in [-0.2, 0) is 6.42 Å². The van der Waals surface area contributed by atoms with Crippen molar-refractivity contribution in [2.75, 3.05) is 13.2 Å². The van der Waals surface area contributed by atoms with Crippen molar-refractivity contribution in [2.24, 2.45) is 0 Å².